The predicted octanol–water partition coefficient (Wildman–Crippen LogP) is 2.06. The maximum Gasteiger partial charge on any atom is 0.242 e. The van der Waals surface area contributed by atoms with Crippen molar-refractivity contribution in [2.24, 2.45) is 0 Å². The number of amides is 2. The van der Waals surface area contributed by atoms with Crippen molar-refractivity contribution in [2.75, 3.05) is 7.11 Å². The molecule has 5 heteroatoms. The molecule has 2 N–H and O–H groups in total. The van der Waals surface area contributed by atoms with Crippen LogP contribution in [0.15, 0.2) is 54.6 Å². The first-order chi connectivity index (χ1) is 11.6. The van der Waals surface area contributed by atoms with E-state index in [0.717, 1.165) is 11.1 Å². The molecule has 2 rings (SSSR count). The summed E-state index contributed by atoms with van der Waals surface area (Å²) in [5.41, 5.74) is 1.80. The van der Waals surface area contributed by atoms with Crippen molar-refractivity contribution in [3.63, 3.8) is 0 Å². The molecule has 0 radical (unpaired) electrons. The van der Waals surface area contributed by atoms with Crippen molar-refractivity contribution >= 4 is 11.8 Å². The first-order valence-electron chi connectivity index (χ1n) is 7.83. The van der Waals surface area contributed by atoms with Crippen LogP contribution in [-0.4, -0.2) is 25.0 Å². The summed E-state index contributed by atoms with van der Waals surface area (Å²) in [6.07, 6.45) is 0.167. The minimum atomic E-state index is -0.601. The van der Waals surface area contributed by atoms with Crippen molar-refractivity contribution in [1.82, 2.24) is 10.6 Å². The highest BCUT2D eigenvalue weighted by Crippen LogP contribution is 2.17. The summed E-state index contributed by atoms with van der Waals surface area (Å²) in [7, 11) is 1.57. The Labute approximate surface area is 142 Å². The van der Waals surface area contributed by atoms with Gasteiger partial charge in [-0.05, 0) is 18.6 Å². The van der Waals surface area contributed by atoms with E-state index in [9.17, 15) is 9.59 Å². The average Bonchev–Trinajstić information content (AvgIpc) is 2.60. The second-order valence-electron chi connectivity index (χ2n) is 5.48. The highest BCUT2D eigenvalue weighted by atomic mass is 16.5. The van der Waals surface area contributed by atoms with Gasteiger partial charge >= 0.3 is 0 Å². The molecule has 126 valence electrons. The molecule has 0 saturated carbocycles. The molecule has 0 heterocycles. The standard InChI is InChI=1S/C19H22N2O3/c1-14(19(23)20-13-15-8-4-3-5-9-15)21-18(22)12-16-10-6-7-11-17(16)24-2/h3-11,14H,12-13H2,1-2H3,(H,20,23)(H,21,22)/t14-/m0/s1. The van der Waals surface area contributed by atoms with E-state index in [4.69, 9.17) is 4.74 Å². The van der Waals surface area contributed by atoms with E-state index in [0.29, 0.717) is 12.3 Å². The summed E-state index contributed by atoms with van der Waals surface area (Å²) in [5, 5.41) is 5.52. The summed E-state index contributed by atoms with van der Waals surface area (Å²) in [6, 6.07) is 16.4. The second kappa shape index (κ2) is 8.72. The largest absolute Gasteiger partial charge is 0.496 e. The Morgan fingerprint density at radius 3 is 2.42 bits per heavy atom. The minimum Gasteiger partial charge on any atom is -0.496 e. The van der Waals surface area contributed by atoms with Gasteiger partial charge in [0.15, 0.2) is 0 Å². The monoisotopic (exact) mass is 326 g/mol. The van der Waals surface area contributed by atoms with E-state index in [-0.39, 0.29) is 18.2 Å². The van der Waals surface area contributed by atoms with Crippen molar-refractivity contribution in [3.05, 3.63) is 65.7 Å². The molecule has 0 fully saturated rings. The SMILES string of the molecule is COc1ccccc1CC(=O)N[C@@H](C)C(=O)NCc1ccccc1. The van der Waals surface area contributed by atoms with Gasteiger partial charge < -0.3 is 15.4 Å². The Kier molecular flexibility index (Phi) is 6.37. The normalized spacial score (nSPS) is 11.4. The topological polar surface area (TPSA) is 67.4 Å². The van der Waals surface area contributed by atoms with Gasteiger partial charge in [-0.25, -0.2) is 0 Å². The predicted molar refractivity (Wildman–Crippen MR) is 92.6 cm³/mol. The molecule has 24 heavy (non-hydrogen) atoms. The fourth-order valence-corrected chi connectivity index (χ4v) is 2.32. The van der Waals surface area contributed by atoms with Crippen LogP contribution in [0.3, 0.4) is 0 Å². The number of ether oxygens (including phenoxy) is 1. The number of carbonyl (C=O) groups is 2. The van der Waals surface area contributed by atoms with Crippen LogP contribution in [0, 0.1) is 0 Å². The molecule has 0 aliphatic heterocycles. The van der Waals surface area contributed by atoms with Crippen LogP contribution < -0.4 is 15.4 Å². The molecule has 0 saturated heterocycles. The van der Waals surface area contributed by atoms with Crippen molar-refractivity contribution < 1.29 is 14.3 Å². The van der Waals surface area contributed by atoms with Crippen LogP contribution in [0.1, 0.15) is 18.1 Å². The van der Waals surface area contributed by atoms with Gasteiger partial charge in [-0.1, -0.05) is 48.5 Å². The van der Waals surface area contributed by atoms with E-state index in [2.05, 4.69) is 10.6 Å². The molecule has 2 aromatic carbocycles. The van der Waals surface area contributed by atoms with Crippen LogP contribution >= 0.6 is 0 Å². The van der Waals surface area contributed by atoms with Gasteiger partial charge in [0.2, 0.25) is 11.8 Å². The number of hydrogen-bond acceptors (Lipinski definition) is 3. The van der Waals surface area contributed by atoms with Crippen LogP contribution in [0.2, 0.25) is 0 Å². The quantitative estimate of drug-likeness (QED) is 0.818. The number of hydrogen-bond donors (Lipinski definition) is 2. The molecule has 0 aromatic heterocycles. The second-order valence-corrected chi connectivity index (χ2v) is 5.48. The summed E-state index contributed by atoms with van der Waals surface area (Å²) in [6.45, 7) is 2.10. The minimum absolute atomic E-state index is 0.167. The van der Waals surface area contributed by atoms with E-state index in [1.807, 2.05) is 48.5 Å². The van der Waals surface area contributed by atoms with Crippen LogP contribution in [0.4, 0.5) is 0 Å². The zero-order chi connectivity index (χ0) is 17.4. The van der Waals surface area contributed by atoms with E-state index >= 15 is 0 Å². The molecule has 0 spiro atoms. The molecular weight excluding hydrogens is 304 g/mol. The smallest absolute Gasteiger partial charge is 0.242 e. The van der Waals surface area contributed by atoms with Crippen molar-refractivity contribution in [3.8, 4) is 5.75 Å². The Hall–Kier alpha value is -2.82. The number of rotatable bonds is 7. The lowest BCUT2D eigenvalue weighted by Crippen LogP contribution is -2.45. The van der Waals surface area contributed by atoms with Crippen LogP contribution in [-0.2, 0) is 22.6 Å². The molecule has 2 aromatic rings. The molecular formula is C19H22N2O3. The molecule has 0 aliphatic carbocycles. The van der Waals surface area contributed by atoms with E-state index in [1.165, 1.54) is 0 Å². The third-order valence-corrected chi connectivity index (χ3v) is 3.62. The van der Waals surface area contributed by atoms with Crippen molar-refractivity contribution in [2.45, 2.75) is 25.9 Å². The van der Waals surface area contributed by atoms with E-state index in [1.54, 1.807) is 20.1 Å². The lowest BCUT2D eigenvalue weighted by atomic mass is 10.1. The first kappa shape index (κ1) is 17.5. The van der Waals surface area contributed by atoms with Gasteiger partial charge in [0.05, 0.1) is 13.5 Å². The lowest BCUT2D eigenvalue weighted by molar-refractivity contribution is -0.128. The highest BCUT2D eigenvalue weighted by Gasteiger charge is 2.16. The summed E-state index contributed by atoms with van der Waals surface area (Å²) >= 11 is 0. The number of nitrogens with one attached hydrogen (secondary N) is 2. The Bertz CT molecular complexity index is 686. The maximum absolute atomic E-state index is 12.1. The Morgan fingerprint density at radius 2 is 1.71 bits per heavy atom. The summed E-state index contributed by atoms with van der Waals surface area (Å²) < 4.78 is 5.23. The van der Waals surface area contributed by atoms with Gasteiger partial charge in [0.1, 0.15) is 11.8 Å². The first-order valence-corrected chi connectivity index (χ1v) is 7.83. The molecule has 0 aliphatic rings. The molecule has 1 atom stereocenters. The fraction of sp³-hybridized carbons (Fsp3) is 0.263. The molecule has 2 amide bonds. The number of para-hydroxylation sites is 1. The van der Waals surface area contributed by atoms with Crippen molar-refractivity contribution in [1.29, 1.82) is 0 Å². The maximum atomic E-state index is 12.1. The Morgan fingerprint density at radius 1 is 1.04 bits per heavy atom. The average molecular weight is 326 g/mol. The number of methoxy groups -OCH3 is 1. The molecule has 5 nitrogen and oxygen atoms in total. The zero-order valence-corrected chi connectivity index (χ0v) is 13.9. The molecule has 0 unspecified atom stereocenters. The van der Waals surface area contributed by atoms with Crippen LogP contribution in [0.25, 0.3) is 0 Å². The summed E-state index contributed by atoms with van der Waals surface area (Å²) in [5.74, 6) is 0.225. The fourth-order valence-electron chi connectivity index (χ4n) is 2.32. The van der Waals surface area contributed by atoms with E-state index < -0.39 is 6.04 Å². The number of carbonyl (C=O) groups excluding carboxylic acids is 2. The zero-order valence-electron chi connectivity index (χ0n) is 13.9. The van der Waals surface area contributed by atoms with Gasteiger partial charge in [-0.2, -0.15) is 0 Å². The van der Waals surface area contributed by atoms with Gasteiger partial charge in [-0.15, -0.1) is 0 Å². The van der Waals surface area contributed by atoms with Crippen LogP contribution in [0.5, 0.6) is 5.75 Å². The third kappa shape index (κ3) is 5.12. The van der Waals surface area contributed by atoms with Gasteiger partial charge in [0, 0.05) is 12.1 Å². The summed E-state index contributed by atoms with van der Waals surface area (Å²) in [4.78, 5) is 24.2. The highest BCUT2D eigenvalue weighted by molar-refractivity contribution is 5.88. The number of benzene rings is 2. The van der Waals surface area contributed by atoms with Gasteiger partial charge in [-0.3, -0.25) is 9.59 Å². The third-order valence-electron chi connectivity index (χ3n) is 3.62. The Balaban J connectivity index is 1.83. The lowest BCUT2D eigenvalue weighted by Gasteiger charge is -2.15. The molecule has 0 bridgehead atoms. The van der Waals surface area contributed by atoms with Gasteiger partial charge in [0.25, 0.3) is 0 Å².